The van der Waals surface area contributed by atoms with Crippen LogP contribution < -0.4 is 39.6 Å². The summed E-state index contributed by atoms with van der Waals surface area (Å²) in [5, 5.41) is 2.90. The minimum Gasteiger partial charge on any atom is -0.420 e. The van der Waals surface area contributed by atoms with Crippen LogP contribution in [0, 0.1) is 0 Å². The first-order chi connectivity index (χ1) is 15.3. The molecule has 0 aliphatic heterocycles. The van der Waals surface area contributed by atoms with Crippen LogP contribution in [-0.4, -0.2) is 41.4 Å². The molecule has 0 aliphatic rings. The Bertz CT molecular complexity index is 1250. The van der Waals surface area contributed by atoms with Crippen LogP contribution in [0.3, 0.4) is 0 Å². The molecule has 0 saturated heterocycles. The van der Waals surface area contributed by atoms with Crippen molar-refractivity contribution >= 4 is 39.5 Å². The second-order valence-corrected chi connectivity index (χ2v) is 7.89. The Labute approximate surface area is 214 Å². The van der Waals surface area contributed by atoms with Gasteiger partial charge in [-0.3, -0.25) is 14.9 Å². The van der Waals surface area contributed by atoms with E-state index in [1.54, 1.807) is 25.4 Å². The van der Waals surface area contributed by atoms with E-state index >= 15 is 0 Å². The van der Waals surface area contributed by atoms with Gasteiger partial charge in [0.2, 0.25) is 5.91 Å². The summed E-state index contributed by atoms with van der Waals surface area (Å²) in [7, 11) is -0.975. The molecule has 0 spiro atoms. The van der Waals surface area contributed by atoms with Crippen molar-refractivity contribution in [3.05, 3.63) is 59.8 Å². The zero-order valence-electron chi connectivity index (χ0n) is 18.5. The Balaban J connectivity index is 0.00000385. The van der Waals surface area contributed by atoms with Gasteiger partial charge < -0.3 is 23.0 Å². The van der Waals surface area contributed by atoms with E-state index in [0.717, 1.165) is 11.1 Å². The van der Waals surface area contributed by atoms with Gasteiger partial charge in [0.1, 0.15) is 5.75 Å². The van der Waals surface area contributed by atoms with Crippen molar-refractivity contribution < 1.29 is 57.1 Å². The maximum absolute atomic E-state index is 12.3. The monoisotopic (exact) mass is 479 g/mol. The quantitative estimate of drug-likeness (QED) is 0.368. The molecule has 0 saturated carbocycles. The predicted molar refractivity (Wildman–Crippen MR) is 117 cm³/mol. The molecular formula is C22H22N3NaO6S. The van der Waals surface area contributed by atoms with E-state index in [1.807, 2.05) is 13.0 Å². The molecule has 1 heterocycles. The van der Waals surface area contributed by atoms with Crippen LogP contribution in [-0.2, 0) is 30.3 Å². The van der Waals surface area contributed by atoms with E-state index in [9.17, 15) is 22.8 Å². The minimum atomic E-state index is -2.60. The number of rotatable bonds is 7. The molecule has 9 nitrogen and oxygen atoms in total. The summed E-state index contributed by atoms with van der Waals surface area (Å²) in [4.78, 5) is 41.2. The standard InChI is InChI=1S/C22H22N3O6S.Na/c1-3-25(2)22(28)31-17-9-6-8-16-20(17)14(13-23-16)11-12-19(26)24-21(27)15-7-4-5-10-18(15)32(29)30;/h4-10,13,23H,3,11-12H2,1-2H3,(H,24,26,27);/q-1;+1. The molecule has 0 unspecified atom stereocenters. The van der Waals surface area contributed by atoms with Crippen molar-refractivity contribution in [3.63, 3.8) is 0 Å². The smallest absolute Gasteiger partial charge is 0.420 e. The number of nitrogens with zero attached hydrogens (tertiary/aromatic N) is 1. The zero-order valence-corrected chi connectivity index (χ0v) is 21.4. The predicted octanol–water partition coefficient (Wildman–Crippen LogP) is 0.180. The number of aromatic amines is 1. The van der Waals surface area contributed by atoms with Gasteiger partial charge in [-0.1, -0.05) is 35.2 Å². The fraction of sp³-hybridized carbons (Fsp3) is 0.227. The molecule has 11 heteroatoms. The van der Waals surface area contributed by atoms with Gasteiger partial charge in [0.05, 0.1) is 0 Å². The molecule has 0 bridgehead atoms. The van der Waals surface area contributed by atoms with E-state index in [2.05, 4.69) is 10.3 Å². The van der Waals surface area contributed by atoms with Gasteiger partial charge in [-0.15, -0.1) is 0 Å². The third kappa shape index (κ3) is 6.44. The average molecular weight is 479 g/mol. The van der Waals surface area contributed by atoms with Crippen LogP contribution in [0.4, 0.5) is 4.79 Å². The third-order valence-corrected chi connectivity index (χ3v) is 5.63. The number of benzene rings is 2. The van der Waals surface area contributed by atoms with Gasteiger partial charge in [-0.25, -0.2) is 4.79 Å². The van der Waals surface area contributed by atoms with Crippen molar-refractivity contribution in [1.29, 1.82) is 0 Å². The number of H-pyrrole nitrogens is 1. The maximum atomic E-state index is 12.3. The normalized spacial score (nSPS) is 10.5. The topological polar surface area (TPSA) is 126 Å². The Kier molecular flexibility index (Phi) is 9.66. The Morgan fingerprint density at radius 1 is 1.09 bits per heavy atom. The van der Waals surface area contributed by atoms with Crippen molar-refractivity contribution in [2.75, 3.05) is 13.6 Å². The number of carbonyl (C=O) groups excluding carboxylic acids is 3. The second-order valence-electron chi connectivity index (χ2n) is 6.98. The summed E-state index contributed by atoms with van der Waals surface area (Å²) in [5.74, 6) is -0.977. The summed E-state index contributed by atoms with van der Waals surface area (Å²) < 4.78 is 28.1. The molecule has 2 N–H and O–H groups in total. The Hall–Kier alpha value is -2.66. The summed E-state index contributed by atoms with van der Waals surface area (Å²) >= 11 is 0. The van der Waals surface area contributed by atoms with E-state index < -0.39 is 28.6 Å². The first-order valence-corrected chi connectivity index (χ1v) is 10.9. The SMILES string of the molecule is CCN(C)C(=O)Oc1cccc2[nH]cc(CCC(=O)NC(=O)c3ccccc3[S-](=O)=O)c12.[Na+]. The van der Waals surface area contributed by atoms with Gasteiger partial charge in [-0.2, -0.15) is 0 Å². The number of nitrogens with one attached hydrogen (secondary N) is 2. The van der Waals surface area contributed by atoms with Crippen LogP contribution in [0.5, 0.6) is 5.75 Å². The number of aryl methyl sites for hydroxylation is 1. The number of ether oxygens (including phenoxy) is 1. The molecule has 3 amide bonds. The number of aromatic nitrogens is 1. The van der Waals surface area contributed by atoms with Crippen LogP contribution in [0.15, 0.2) is 53.6 Å². The van der Waals surface area contributed by atoms with E-state index in [1.165, 1.54) is 29.2 Å². The van der Waals surface area contributed by atoms with Crippen molar-refractivity contribution in [3.8, 4) is 5.75 Å². The number of hydrogen-bond donors (Lipinski definition) is 2. The van der Waals surface area contributed by atoms with Gasteiger partial charge in [0.15, 0.2) is 0 Å². The molecule has 33 heavy (non-hydrogen) atoms. The number of amides is 3. The number of imide groups is 1. The maximum Gasteiger partial charge on any atom is 1.00 e. The summed E-state index contributed by atoms with van der Waals surface area (Å²) in [6.07, 6.45) is 1.46. The molecule has 0 aliphatic carbocycles. The molecule has 3 rings (SSSR count). The van der Waals surface area contributed by atoms with Gasteiger partial charge in [-0.05, 0) is 41.7 Å². The zero-order chi connectivity index (χ0) is 23.3. The van der Waals surface area contributed by atoms with Crippen LogP contribution in [0.1, 0.15) is 29.3 Å². The number of carbonyl (C=O) groups is 3. The van der Waals surface area contributed by atoms with E-state index in [4.69, 9.17) is 4.74 Å². The Morgan fingerprint density at radius 2 is 1.82 bits per heavy atom. The van der Waals surface area contributed by atoms with E-state index in [0.29, 0.717) is 17.7 Å². The number of fused-ring (bicyclic) bond motifs is 1. The van der Waals surface area contributed by atoms with Crippen molar-refractivity contribution in [2.45, 2.75) is 24.7 Å². The minimum absolute atomic E-state index is 0. The van der Waals surface area contributed by atoms with Crippen molar-refractivity contribution in [2.24, 2.45) is 0 Å². The third-order valence-electron chi connectivity index (χ3n) is 4.92. The first-order valence-electron chi connectivity index (χ1n) is 9.86. The summed E-state index contributed by atoms with van der Waals surface area (Å²) in [5.41, 5.74) is 1.38. The molecule has 0 fully saturated rings. The first kappa shape index (κ1) is 26.6. The fourth-order valence-corrected chi connectivity index (χ4v) is 3.64. The Morgan fingerprint density at radius 3 is 2.52 bits per heavy atom. The molecule has 168 valence electrons. The van der Waals surface area contributed by atoms with Gasteiger partial charge in [0, 0.05) is 42.7 Å². The number of hydrogen-bond acceptors (Lipinski definition) is 7. The molecule has 3 aromatic rings. The molecule has 2 aromatic carbocycles. The van der Waals surface area contributed by atoms with Gasteiger partial charge in [0.25, 0.3) is 5.91 Å². The molecule has 0 radical (unpaired) electrons. The second kappa shape index (κ2) is 12.0. The fourth-order valence-electron chi connectivity index (χ4n) is 3.11. The summed E-state index contributed by atoms with van der Waals surface area (Å²) in [6.45, 7) is 2.32. The summed E-state index contributed by atoms with van der Waals surface area (Å²) in [6, 6.07) is 10.9. The van der Waals surface area contributed by atoms with Crippen molar-refractivity contribution in [1.82, 2.24) is 15.2 Å². The molecular weight excluding hydrogens is 457 g/mol. The van der Waals surface area contributed by atoms with Crippen LogP contribution in [0.25, 0.3) is 10.9 Å². The van der Waals surface area contributed by atoms with Gasteiger partial charge >= 0.3 is 35.7 Å². The molecule has 0 atom stereocenters. The largest absolute Gasteiger partial charge is 1.00 e. The van der Waals surface area contributed by atoms with E-state index in [-0.39, 0.29) is 52.9 Å². The molecule has 1 aromatic heterocycles. The van der Waals surface area contributed by atoms with Crippen LogP contribution >= 0.6 is 0 Å². The van der Waals surface area contributed by atoms with Crippen LogP contribution in [0.2, 0.25) is 0 Å². The average Bonchev–Trinajstić information content (AvgIpc) is 3.21.